The molecule has 1 N–H and O–H groups in total. The summed E-state index contributed by atoms with van der Waals surface area (Å²) in [5.41, 5.74) is 2.75. The van der Waals surface area contributed by atoms with Crippen LogP contribution < -0.4 is 10.1 Å². The van der Waals surface area contributed by atoms with Crippen LogP contribution in [0.1, 0.15) is 27.7 Å². The van der Waals surface area contributed by atoms with Gasteiger partial charge in [-0.15, -0.1) is 0 Å². The van der Waals surface area contributed by atoms with Crippen molar-refractivity contribution in [3.63, 3.8) is 0 Å². The lowest BCUT2D eigenvalue weighted by molar-refractivity contribution is 0.0154. The summed E-state index contributed by atoms with van der Waals surface area (Å²) in [5, 5.41) is 3.08. The molecule has 0 saturated carbocycles. The van der Waals surface area contributed by atoms with Gasteiger partial charge in [-0.25, -0.2) is 0 Å². The Morgan fingerprint density at radius 1 is 1.19 bits per heavy atom. The molecule has 0 bridgehead atoms. The zero-order valence-corrected chi connectivity index (χ0v) is 14.7. The predicted molar refractivity (Wildman–Crippen MR) is 97.3 cm³/mol. The number of amides is 1. The molecule has 4 rings (SSSR count). The quantitative estimate of drug-likeness (QED) is 0.888. The maximum atomic E-state index is 12.6. The van der Waals surface area contributed by atoms with E-state index in [2.05, 4.69) is 15.2 Å². The number of carbonyl (C=O) groups excluding carboxylic acids is 1. The third kappa shape index (κ3) is 3.71. The highest BCUT2D eigenvalue weighted by molar-refractivity contribution is 5.94. The average Bonchev–Trinajstić information content (AvgIpc) is 3.17. The topological polar surface area (TPSA) is 63.7 Å². The van der Waals surface area contributed by atoms with Crippen LogP contribution in [0.3, 0.4) is 0 Å². The van der Waals surface area contributed by atoms with Crippen LogP contribution in [-0.4, -0.2) is 55.2 Å². The van der Waals surface area contributed by atoms with Crippen LogP contribution in [0.15, 0.2) is 42.6 Å². The molecule has 26 heavy (non-hydrogen) atoms. The van der Waals surface area contributed by atoms with Gasteiger partial charge in [-0.05, 0) is 35.9 Å². The molecule has 136 valence electrons. The van der Waals surface area contributed by atoms with E-state index in [-0.39, 0.29) is 11.9 Å². The molecular weight excluding hydrogens is 330 g/mol. The summed E-state index contributed by atoms with van der Waals surface area (Å²) in [5.74, 6) is 0.829. The lowest BCUT2D eigenvalue weighted by atomic mass is 10.1. The number of aromatic nitrogens is 1. The van der Waals surface area contributed by atoms with Crippen LogP contribution in [0.25, 0.3) is 0 Å². The Morgan fingerprint density at radius 2 is 2.08 bits per heavy atom. The molecule has 2 aromatic rings. The van der Waals surface area contributed by atoms with Crippen LogP contribution in [0.4, 0.5) is 0 Å². The summed E-state index contributed by atoms with van der Waals surface area (Å²) in [6.07, 6.45) is 2.66. The van der Waals surface area contributed by atoms with Crippen molar-refractivity contribution in [3.05, 3.63) is 59.4 Å². The van der Waals surface area contributed by atoms with Crippen molar-refractivity contribution >= 4 is 5.91 Å². The molecule has 1 amide bonds. The van der Waals surface area contributed by atoms with Gasteiger partial charge < -0.3 is 14.8 Å². The number of pyridine rings is 1. The molecule has 2 aliphatic heterocycles. The van der Waals surface area contributed by atoms with Gasteiger partial charge in [0.2, 0.25) is 0 Å². The van der Waals surface area contributed by atoms with Gasteiger partial charge in [0.15, 0.2) is 0 Å². The van der Waals surface area contributed by atoms with E-state index in [0.29, 0.717) is 31.9 Å². The molecule has 6 heteroatoms. The number of carbonyl (C=O) groups is 1. The summed E-state index contributed by atoms with van der Waals surface area (Å²) in [4.78, 5) is 19.5. The van der Waals surface area contributed by atoms with E-state index in [4.69, 9.17) is 9.47 Å². The number of benzene rings is 1. The molecule has 1 fully saturated rings. The molecule has 3 heterocycles. The molecular formula is C20H23N3O3. The molecule has 0 spiro atoms. The first-order valence-electron chi connectivity index (χ1n) is 9.08. The van der Waals surface area contributed by atoms with Crippen LogP contribution >= 0.6 is 0 Å². The average molecular weight is 353 g/mol. The Kier molecular flexibility index (Phi) is 5.13. The summed E-state index contributed by atoms with van der Waals surface area (Å²) in [6.45, 7) is 4.31. The minimum absolute atomic E-state index is 0.0433. The number of rotatable bonds is 5. The fourth-order valence-electron chi connectivity index (χ4n) is 3.50. The maximum Gasteiger partial charge on any atom is 0.251 e. The minimum atomic E-state index is -0.0612. The van der Waals surface area contributed by atoms with Gasteiger partial charge in [0.1, 0.15) is 5.75 Å². The number of fused-ring (bicyclic) bond motifs is 1. The third-order valence-corrected chi connectivity index (χ3v) is 4.92. The molecule has 1 aromatic carbocycles. The van der Waals surface area contributed by atoms with E-state index in [9.17, 15) is 4.79 Å². The van der Waals surface area contributed by atoms with E-state index < -0.39 is 0 Å². The smallest absolute Gasteiger partial charge is 0.251 e. The van der Waals surface area contributed by atoms with E-state index in [0.717, 1.165) is 36.5 Å². The molecule has 2 aliphatic rings. The van der Waals surface area contributed by atoms with Crippen molar-refractivity contribution in [3.8, 4) is 5.75 Å². The van der Waals surface area contributed by atoms with Gasteiger partial charge in [-0.3, -0.25) is 14.7 Å². The molecule has 1 aromatic heterocycles. The summed E-state index contributed by atoms with van der Waals surface area (Å²) < 4.78 is 11.0. The lowest BCUT2D eigenvalue weighted by Gasteiger charge is -2.34. The Morgan fingerprint density at radius 3 is 2.88 bits per heavy atom. The van der Waals surface area contributed by atoms with Crippen molar-refractivity contribution in [2.24, 2.45) is 0 Å². The summed E-state index contributed by atoms with van der Waals surface area (Å²) in [7, 11) is 0. The van der Waals surface area contributed by atoms with Crippen molar-refractivity contribution in [2.75, 3.05) is 39.5 Å². The van der Waals surface area contributed by atoms with Crippen LogP contribution in [-0.2, 0) is 11.2 Å². The minimum Gasteiger partial charge on any atom is -0.493 e. The summed E-state index contributed by atoms with van der Waals surface area (Å²) in [6, 6.07) is 11.6. The second-order valence-corrected chi connectivity index (χ2v) is 6.55. The van der Waals surface area contributed by atoms with E-state index in [1.807, 2.05) is 36.4 Å². The standard InChI is InChI=1S/C20H23N3O3/c24-20(16-4-5-19-15(13-16)6-10-26-19)22-14-18(17-3-1-2-7-21-17)23-8-11-25-12-9-23/h1-5,7,13,18H,6,8-12,14H2,(H,22,24)/t18-/m0/s1. The number of nitrogens with zero attached hydrogens (tertiary/aromatic N) is 2. The van der Waals surface area contributed by atoms with Crippen LogP contribution in [0, 0.1) is 0 Å². The Hall–Kier alpha value is -2.44. The highest BCUT2D eigenvalue weighted by Crippen LogP contribution is 2.26. The molecule has 0 radical (unpaired) electrons. The zero-order valence-electron chi connectivity index (χ0n) is 14.7. The highest BCUT2D eigenvalue weighted by atomic mass is 16.5. The Labute approximate surface area is 153 Å². The lowest BCUT2D eigenvalue weighted by Crippen LogP contribution is -2.44. The maximum absolute atomic E-state index is 12.6. The fraction of sp³-hybridized carbons (Fsp3) is 0.400. The van der Waals surface area contributed by atoms with Gasteiger partial charge in [-0.1, -0.05) is 6.07 Å². The molecule has 1 saturated heterocycles. The number of nitrogens with one attached hydrogen (secondary N) is 1. The van der Waals surface area contributed by atoms with E-state index >= 15 is 0 Å². The van der Waals surface area contributed by atoms with Gasteiger partial charge in [0, 0.05) is 37.8 Å². The third-order valence-electron chi connectivity index (χ3n) is 4.92. The first kappa shape index (κ1) is 17.0. The second-order valence-electron chi connectivity index (χ2n) is 6.55. The normalized spacial score (nSPS) is 18.0. The number of ether oxygens (including phenoxy) is 2. The molecule has 1 atom stereocenters. The van der Waals surface area contributed by atoms with Gasteiger partial charge in [0.05, 0.1) is 31.6 Å². The van der Waals surface area contributed by atoms with Crippen molar-refractivity contribution in [2.45, 2.75) is 12.5 Å². The number of hydrogen-bond acceptors (Lipinski definition) is 5. The van der Waals surface area contributed by atoms with E-state index in [1.54, 1.807) is 6.20 Å². The highest BCUT2D eigenvalue weighted by Gasteiger charge is 2.24. The number of morpholine rings is 1. The van der Waals surface area contributed by atoms with Gasteiger partial charge in [0.25, 0.3) is 5.91 Å². The van der Waals surface area contributed by atoms with Crippen molar-refractivity contribution < 1.29 is 14.3 Å². The molecule has 0 aliphatic carbocycles. The number of hydrogen-bond donors (Lipinski definition) is 1. The predicted octanol–water partition coefficient (Wildman–Crippen LogP) is 1.82. The first-order valence-corrected chi connectivity index (χ1v) is 9.08. The first-order chi connectivity index (χ1) is 12.8. The van der Waals surface area contributed by atoms with Crippen LogP contribution in [0.2, 0.25) is 0 Å². The Balaban J connectivity index is 1.46. The summed E-state index contributed by atoms with van der Waals surface area (Å²) >= 11 is 0. The van der Waals surface area contributed by atoms with Crippen molar-refractivity contribution in [1.29, 1.82) is 0 Å². The van der Waals surface area contributed by atoms with Crippen LogP contribution in [0.5, 0.6) is 5.75 Å². The van der Waals surface area contributed by atoms with Crippen molar-refractivity contribution in [1.82, 2.24) is 15.2 Å². The molecule has 0 unspecified atom stereocenters. The monoisotopic (exact) mass is 353 g/mol. The second kappa shape index (κ2) is 7.85. The van der Waals surface area contributed by atoms with Gasteiger partial charge >= 0.3 is 0 Å². The zero-order chi connectivity index (χ0) is 17.8. The fourth-order valence-corrected chi connectivity index (χ4v) is 3.50. The Bertz CT molecular complexity index is 760. The van der Waals surface area contributed by atoms with E-state index in [1.165, 1.54) is 0 Å². The largest absolute Gasteiger partial charge is 0.493 e. The molecule has 6 nitrogen and oxygen atoms in total. The van der Waals surface area contributed by atoms with Gasteiger partial charge in [-0.2, -0.15) is 0 Å². The SMILES string of the molecule is O=C(NC[C@@H](c1ccccn1)N1CCOCC1)c1ccc2c(c1)CCO2.